The summed E-state index contributed by atoms with van der Waals surface area (Å²) in [5.74, 6) is -0.198. The Labute approximate surface area is 150 Å². The number of aryl methyl sites for hydroxylation is 1. The maximum atomic E-state index is 12.7. The van der Waals surface area contributed by atoms with Gasteiger partial charge in [0.1, 0.15) is 0 Å². The molecule has 1 saturated heterocycles. The number of anilines is 1. The fourth-order valence-corrected chi connectivity index (χ4v) is 2.99. The van der Waals surface area contributed by atoms with Gasteiger partial charge in [0, 0.05) is 25.7 Å². The number of rotatable bonds is 5. The molecule has 1 atom stereocenters. The van der Waals surface area contributed by atoms with Gasteiger partial charge in [-0.1, -0.05) is 17.7 Å². The third kappa shape index (κ3) is 5.37. The molecular formula is C19H30N4O2. The van der Waals surface area contributed by atoms with Gasteiger partial charge >= 0.3 is 6.03 Å². The molecule has 2 rings (SSSR count). The molecule has 0 radical (unpaired) electrons. The van der Waals surface area contributed by atoms with Crippen LogP contribution in [-0.2, 0) is 4.79 Å². The van der Waals surface area contributed by atoms with E-state index in [2.05, 4.69) is 10.7 Å². The average molecular weight is 346 g/mol. The number of nitrogens with zero attached hydrogens (tertiary/aromatic N) is 2. The van der Waals surface area contributed by atoms with Crippen molar-refractivity contribution in [2.24, 2.45) is 5.92 Å². The van der Waals surface area contributed by atoms with Crippen molar-refractivity contribution in [3.63, 3.8) is 0 Å². The SMILES string of the molecule is CCN(NC(=O)C1CCCN(C(=O)NC(C)C)C1)c1ccc(C)cc1. The monoisotopic (exact) mass is 346 g/mol. The van der Waals surface area contributed by atoms with Gasteiger partial charge in [0.15, 0.2) is 0 Å². The molecule has 138 valence electrons. The average Bonchev–Trinajstić information content (AvgIpc) is 2.60. The molecule has 2 N–H and O–H groups in total. The largest absolute Gasteiger partial charge is 0.336 e. The van der Waals surface area contributed by atoms with Crippen LogP contribution >= 0.6 is 0 Å². The fraction of sp³-hybridized carbons (Fsp3) is 0.579. The highest BCUT2D eigenvalue weighted by Crippen LogP contribution is 2.18. The van der Waals surface area contributed by atoms with Crippen LogP contribution in [0.4, 0.5) is 10.5 Å². The van der Waals surface area contributed by atoms with Crippen molar-refractivity contribution in [1.29, 1.82) is 0 Å². The standard InChI is InChI=1S/C19H30N4O2/c1-5-23(17-10-8-15(4)9-11-17)21-18(24)16-7-6-12-22(13-16)19(25)20-14(2)3/h8-11,14,16H,5-7,12-13H2,1-4H3,(H,20,25)(H,21,24). The molecule has 0 spiro atoms. The fourth-order valence-electron chi connectivity index (χ4n) is 2.99. The first-order valence-electron chi connectivity index (χ1n) is 9.10. The molecule has 1 aromatic carbocycles. The van der Waals surface area contributed by atoms with Crippen molar-refractivity contribution < 1.29 is 9.59 Å². The highest BCUT2D eigenvalue weighted by molar-refractivity contribution is 5.82. The van der Waals surface area contributed by atoms with Gasteiger partial charge in [0.25, 0.3) is 0 Å². The number of hydrogen-bond acceptors (Lipinski definition) is 3. The number of carbonyl (C=O) groups is 2. The van der Waals surface area contributed by atoms with Crippen molar-refractivity contribution in [2.45, 2.75) is 46.6 Å². The molecule has 1 aromatic rings. The van der Waals surface area contributed by atoms with E-state index >= 15 is 0 Å². The third-order valence-corrected chi connectivity index (χ3v) is 4.40. The first-order chi connectivity index (χ1) is 11.9. The van der Waals surface area contributed by atoms with Crippen molar-refractivity contribution >= 4 is 17.6 Å². The number of urea groups is 1. The Morgan fingerprint density at radius 3 is 2.56 bits per heavy atom. The number of likely N-dealkylation sites (tertiary alicyclic amines) is 1. The Morgan fingerprint density at radius 1 is 1.28 bits per heavy atom. The van der Waals surface area contributed by atoms with E-state index in [9.17, 15) is 9.59 Å². The van der Waals surface area contributed by atoms with Crippen LogP contribution < -0.4 is 15.8 Å². The molecular weight excluding hydrogens is 316 g/mol. The Bertz CT molecular complexity index is 586. The quantitative estimate of drug-likeness (QED) is 0.806. The zero-order valence-corrected chi connectivity index (χ0v) is 15.7. The molecule has 0 bridgehead atoms. The van der Waals surface area contributed by atoms with E-state index in [0.717, 1.165) is 18.5 Å². The van der Waals surface area contributed by atoms with Crippen LogP contribution in [0, 0.1) is 12.8 Å². The van der Waals surface area contributed by atoms with Gasteiger partial charge in [-0.2, -0.15) is 0 Å². The molecule has 6 nitrogen and oxygen atoms in total. The molecule has 1 aliphatic heterocycles. The van der Waals surface area contributed by atoms with Crippen LogP contribution in [0.15, 0.2) is 24.3 Å². The third-order valence-electron chi connectivity index (χ3n) is 4.40. The number of hydrogen-bond donors (Lipinski definition) is 2. The Kier molecular flexibility index (Phi) is 6.67. The molecule has 3 amide bonds. The van der Waals surface area contributed by atoms with Crippen LogP contribution in [-0.4, -0.2) is 42.5 Å². The predicted octanol–water partition coefficient (Wildman–Crippen LogP) is 2.68. The minimum atomic E-state index is -0.175. The minimum absolute atomic E-state index is 0.0236. The highest BCUT2D eigenvalue weighted by Gasteiger charge is 2.29. The van der Waals surface area contributed by atoms with Gasteiger partial charge in [0.2, 0.25) is 5.91 Å². The van der Waals surface area contributed by atoms with E-state index in [1.54, 1.807) is 4.90 Å². The molecule has 0 saturated carbocycles. The maximum absolute atomic E-state index is 12.7. The summed E-state index contributed by atoms with van der Waals surface area (Å²) < 4.78 is 0. The van der Waals surface area contributed by atoms with Crippen LogP contribution in [0.1, 0.15) is 39.2 Å². The lowest BCUT2D eigenvalue weighted by atomic mass is 9.97. The van der Waals surface area contributed by atoms with Gasteiger partial charge < -0.3 is 10.2 Å². The van der Waals surface area contributed by atoms with Gasteiger partial charge in [-0.25, -0.2) is 4.79 Å². The zero-order chi connectivity index (χ0) is 18.4. The minimum Gasteiger partial charge on any atom is -0.336 e. The molecule has 25 heavy (non-hydrogen) atoms. The van der Waals surface area contributed by atoms with E-state index < -0.39 is 0 Å². The summed E-state index contributed by atoms with van der Waals surface area (Å²) in [6, 6.07) is 8.08. The summed E-state index contributed by atoms with van der Waals surface area (Å²) in [5.41, 5.74) is 5.16. The van der Waals surface area contributed by atoms with E-state index in [1.807, 2.05) is 57.0 Å². The maximum Gasteiger partial charge on any atom is 0.317 e. The first kappa shape index (κ1) is 19.1. The second-order valence-electron chi connectivity index (χ2n) is 6.95. The van der Waals surface area contributed by atoms with Crippen LogP contribution in [0.2, 0.25) is 0 Å². The lowest BCUT2D eigenvalue weighted by Gasteiger charge is -2.34. The number of benzene rings is 1. The zero-order valence-electron chi connectivity index (χ0n) is 15.7. The van der Waals surface area contributed by atoms with Crippen molar-refractivity contribution in [3.8, 4) is 0 Å². The smallest absolute Gasteiger partial charge is 0.317 e. The summed E-state index contributed by atoms with van der Waals surface area (Å²) >= 11 is 0. The number of amides is 3. The molecule has 1 aliphatic rings. The number of carbonyl (C=O) groups excluding carboxylic acids is 2. The summed E-state index contributed by atoms with van der Waals surface area (Å²) in [7, 11) is 0. The van der Waals surface area contributed by atoms with Gasteiger partial charge in [-0.3, -0.25) is 15.2 Å². The van der Waals surface area contributed by atoms with Crippen LogP contribution in [0.3, 0.4) is 0 Å². The van der Waals surface area contributed by atoms with Crippen molar-refractivity contribution in [2.75, 3.05) is 24.6 Å². The molecule has 6 heteroatoms. The number of nitrogens with one attached hydrogen (secondary N) is 2. The van der Waals surface area contributed by atoms with Gasteiger partial charge in [0.05, 0.1) is 11.6 Å². The molecule has 1 fully saturated rings. The number of hydrazine groups is 1. The second kappa shape index (κ2) is 8.74. The number of piperidine rings is 1. The Balaban J connectivity index is 1.96. The molecule has 1 heterocycles. The van der Waals surface area contributed by atoms with Gasteiger partial charge in [-0.05, 0) is 52.7 Å². The highest BCUT2D eigenvalue weighted by atomic mass is 16.2. The Morgan fingerprint density at radius 2 is 1.96 bits per heavy atom. The van der Waals surface area contributed by atoms with Crippen molar-refractivity contribution in [3.05, 3.63) is 29.8 Å². The van der Waals surface area contributed by atoms with E-state index in [0.29, 0.717) is 19.6 Å². The predicted molar refractivity (Wildman–Crippen MR) is 100 cm³/mol. The summed E-state index contributed by atoms with van der Waals surface area (Å²) in [5, 5.41) is 4.76. The molecule has 1 unspecified atom stereocenters. The summed E-state index contributed by atoms with van der Waals surface area (Å²) in [6.07, 6.45) is 1.66. The van der Waals surface area contributed by atoms with E-state index in [4.69, 9.17) is 0 Å². The second-order valence-corrected chi connectivity index (χ2v) is 6.95. The van der Waals surface area contributed by atoms with E-state index in [1.165, 1.54) is 5.56 Å². The van der Waals surface area contributed by atoms with E-state index in [-0.39, 0.29) is 23.9 Å². The topological polar surface area (TPSA) is 64.7 Å². The van der Waals surface area contributed by atoms with Crippen LogP contribution in [0.25, 0.3) is 0 Å². The molecule has 0 aliphatic carbocycles. The molecule has 0 aromatic heterocycles. The summed E-state index contributed by atoms with van der Waals surface area (Å²) in [6.45, 7) is 9.77. The lowest BCUT2D eigenvalue weighted by molar-refractivity contribution is -0.126. The van der Waals surface area contributed by atoms with Gasteiger partial charge in [-0.15, -0.1) is 0 Å². The lowest BCUT2D eigenvalue weighted by Crippen LogP contribution is -2.52. The Hall–Kier alpha value is -2.24. The summed E-state index contributed by atoms with van der Waals surface area (Å²) in [4.78, 5) is 26.6. The van der Waals surface area contributed by atoms with Crippen LogP contribution in [0.5, 0.6) is 0 Å². The first-order valence-corrected chi connectivity index (χ1v) is 9.10. The normalized spacial score (nSPS) is 17.3. The van der Waals surface area contributed by atoms with Crippen molar-refractivity contribution in [1.82, 2.24) is 15.6 Å².